The van der Waals surface area contributed by atoms with Crippen LogP contribution in [-0.2, 0) is 4.79 Å². The Morgan fingerprint density at radius 3 is 2.91 bits per heavy atom. The number of hydrogen-bond acceptors (Lipinski definition) is 2. The van der Waals surface area contributed by atoms with Crippen LogP contribution >= 0.6 is 0 Å². The lowest BCUT2D eigenvalue weighted by Gasteiger charge is -2.02. The van der Waals surface area contributed by atoms with E-state index in [9.17, 15) is 4.79 Å². The highest BCUT2D eigenvalue weighted by molar-refractivity contribution is 5.88. The zero-order valence-electron chi connectivity index (χ0n) is 6.59. The molecule has 11 heavy (non-hydrogen) atoms. The molecule has 0 radical (unpaired) electrons. The maximum absolute atomic E-state index is 10.6. The minimum Gasteiger partial charge on any atom is -0.311 e. The summed E-state index contributed by atoms with van der Waals surface area (Å²) in [6.45, 7) is 3.37. The van der Waals surface area contributed by atoms with E-state index in [1.54, 1.807) is 6.20 Å². The smallest absolute Gasteiger partial charge is 0.222 e. The van der Waals surface area contributed by atoms with Crippen LogP contribution in [0.4, 0.5) is 5.82 Å². The third kappa shape index (κ3) is 2.04. The molecule has 0 saturated heterocycles. The van der Waals surface area contributed by atoms with Crippen LogP contribution in [0.2, 0.25) is 0 Å². The van der Waals surface area contributed by atoms with Crippen LogP contribution < -0.4 is 5.32 Å². The molecule has 58 valence electrons. The van der Waals surface area contributed by atoms with Gasteiger partial charge in [0.2, 0.25) is 5.91 Å². The number of nitrogens with zero attached hydrogens (tertiary/aromatic N) is 1. The minimum absolute atomic E-state index is 0.0909. The summed E-state index contributed by atoms with van der Waals surface area (Å²) >= 11 is 0. The van der Waals surface area contributed by atoms with Crippen LogP contribution in [0.15, 0.2) is 18.3 Å². The van der Waals surface area contributed by atoms with Gasteiger partial charge in [0.25, 0.3) is 0 Å². The molecule has 0 aliphatic carbocycles. The molecule has 3 nitrogen and oxygen atoms in total. The zero-order chi connectivity index (χ0) is 8.27. The van der Waals surface area contributed by atoms with Crippen molar-refractivity contribution in [2.45, 2.75) is 13.8 Å². The summed E-state index contributed by atoms with van der Waals surface area (Å²) in [5.74, 6) is 0.548. The van der Waals surface area contributed by atoms with E-state index in [0.29, 0.717) is 5.82 Å². The summed E-state index contributed by atoms with van der Waals surface area (Å²) in [6, 6.07) is 3.74. The maximum atomic E-state index is 10.6. The van der Waals surface area contributed by atoms with Crippen molar-refractivity contribution in [3.05, 3.63) is 23.9 Å². The van der Waals surface area contributed by atoms with Crippen molar-refractivity contribution in [2.75, 3.05) is 5.32 Å². The van der Waals surface area contributed by atoms with E-state index >= 15 is 0 Å². The Morgan fingerprint density at radius 2 is 2.36 bits per heavy atom. The van der Waals surface area contributed by atoms with Crippen molar-refractivity contribution in [1.29, 1.82) is 0 Å². The Kier molecular flexibility index (Phi) is 2.21. The maximum Gasteiger partial charge on any atom is 0.222 e. The molecule has 3 heteroatoms. The predicted octanol–water partition coefficient (Wildman–Crippen LogP) is 1.35. The number of nitrogens with one attached hydrogen (secondary N) is 1. The van der Waals surface area contributed by atoms with Gasteiger partial charge in [-0.1, -0.05) is 6.07 Å². The largest absolute Gasteiger partial charge is 0.311 e. The number of aryl methyl sites for hydroxylation is 1. The van der Waals surface area contributed by atoms with Crippen LogP contribution in [0.1, 0.15) is 12.5 Å². The van der Waals surface area contributed by atoms with Gasteiger partial charge in [-0.25, -0.2) is 4.98 Å². The van der Waals surface area contributed by atoms with Crippen molar-refractivity contribution in [1.82, 2.24) is 4.98 Å². The third-order valence-electron chi connectivity index (χ3n) is 1.30. The average molecular weight is 150 g/mol. The van der Waals surface area contributed by atoms with Gasteiger partial charge in [0.1, 0.15) is 5.82 Å². The van der Waals surface area contributed by atoms with Gasteiger partial charge in [0, 0.05) is 13.1 Å². The van der Waals surface area contributed by atoms with Crippen molar-refractivity contribution >= 4 is 11.7 Å². The Hall–Kier alpha value is -1.38. The van der Waals surface area contributed by atoms with Gasteiger partial charge in [0.15, 0.2) is 0 Å². The highest BCUT2D eigenvalue weighted by Gasteiger charge is 1.98. The van der Waals surface area contributed by atoms with Crippen LogP contribution in [0.3, 0.4) is 0 Å². The number of rotatable bonds is 1. The van der Waals surface area contributed by atoms with Crippen LogP contribution in [0.25, 0.3) is 0 Å². The fourth-order valence-electron chi connectivity index (χ4n) is 0.783. The highest BCUT2D eigenvalue weighted by atomic mass is 16.1. The first kappa shape index (κ1) is 7.72. The Bertz CT molecular complexity index is 271. The molecule has 1 N–H and O–H groups in total. The molecular weight excluding hydrogens is 140 g/mol. The van der Waals surface area contributed by atoms with Crippen LogP contribution in [0, 0.1) is 6.92 Å². The van der Waals surface area contributed by atoms with E-state index in [0.717, 1.165) is 5.56 Å². The van der Waals surface area contributed by atoms with Gasteiger partial charge in [0.05, 0.1) is 0 Å². The van der Waals surface area contributed by atoms with Gasteiger partial charge < -0.3 is 5.32 Å². The number of pyridine rings is 1. The number of anilines is 1. The summed E-state index contributed by atoms with van der Waals surface area (Å²) in [4.78, 5) is 14.6. The van der Waals surface area contributed by atoms with Gasteiger partial charge >= 0.3 is 0 Å². The van der Waals surface area contributed by atoms with Gasteiger partial charge in [-0.2, -0.15) is 0 Å². The third-order valence-corrected chi connectivity index (χ3v) is 1.30. The first-order valence-electron chi connectivity index (χ1n) is 3.39. The molecule has 0 fully saturated rings. The monoisotopic (exact) mass is 150 g/mol. The molecule has 1 heterocycles. The van der Waals surface area contributed by atoms with E-state index in [1.807, 2.05) is 19.1 Å². The molecule has 0 spiro atoms. The second-order valence-corrected chi connectivity index (χ2v) is 2.35. The molecule has 1 amide bonds. The van der Waals surface area contributed by atoms with Gasteiger partial charge in [-0.3, -0.25) is 4.79 Å². The number of carbonyl (C=O) groups is 1. The quantitative estimate of drug-likeness (QED) is 0.656. The first-order valence-corrected chi connectivity index (χ1v) is 3.39. The second kappa shape index (κ2) is 3.14. The van der Waals surface area contributed by atoms with E-state index < -0.39 is 0 Å². The standard InChI is InChI=1S/C8H10N2O/c1-6-4-3-5-9-8(6)10-7(2)11/h3-5H,1-2H3,(H,9,10,11). The number of hydrogen-bond donors (Lipinski definition) is 1. The topological polar surface area (TPSA) is 42.0 Å². The fraction of sp³-hybridized carbons (Fsp3) is 0.250. The number of amides is 1. The van der Waals surface area contributed by atoms with E-state index in [1.165, 1.54) is 6.92 Å². The van der Waals surface area contributed by atoms with E-state index in [2.05, 4.69) is 10.3 Å². The zero-order valence-corrected chi connectivity index (χ0v) is 6.59. The molecule has 0 bridgehead atoms. The van der Waals surface area contributed by atoms with E-state index in [-0.39, 0.29) is 5.91 Å². The summed E-state index contributed by atoms with van der Waals surface area (Å²) < 4.78 is 0. The summed E-state index contributed by atoms with van der Waals surface area (Å²) in [7, 11) is 0. The molecule has 0 saturated carbocycles. The molecule has 0 atom stereocenters. The molecule has 0 aromatic carbocycles. The lowest BCUT2D eigenvalue weighted by atomic mass is 10.3. The van der Waals surface area contributed by atoms with Crippen LogP contribution in [0.5, 0.6) is 0 Å². The summed E-state index contributed by atoms with van der Waals surface area (Å²) in [5, 5.41) is 2.62. The molecule has 0 aliphatic heterocycles. The van der Waals surface area contributed by atoms with Crippen molar-refractivity contribution in [3.63, 3.8) is 0 Å². The normalized spacial score (nSPS) is 9.27. The van der Waals surface area contributed by atoms with Gasteiger partial charge in [-0.15, -0.1) is 0 Å². The SMILES string of the molecule is CC(=O)Nc1ncccc1C. The highest BCUT2D eigenvalue weighted by Crippen LogP contribution is 2.07. The predicted molar refractivity (Wildman–Crippen MR) is 43.3 cm³/mol. The molecule has 0 unspecified atom stereocenters. The average Bonchev–Trinajstić information content (AvgIpc) is 1.93. The first-order chi connectivity index (χ1) is 5.20. The van der Waals surface area contributed by atoms with Crippen molar-refractivity contribution < 1.29 is 4.79 Å². The van der Waals surface area contributed by atoms with Crippen molar-refractivity contribution in [3.8, 4) is 0 Å². The fourth-order valence-corrected chi connectivity index (χ4v) is 0.783. The summed E-state index contributed by atoms with van der Waals surface area (Å²) in [6.07, 6.45) is 1.65. The molecule has 1 aromatic rings. The van der Waals surface area contributed by atoms with Crippen LogP contribution in [-0.4, -0.2) is 10.9 Å². The lowest BCUT2D eigenvalue weighted by molar-refractivity contribution is -0.114. The van der Waals surface area contributed by atoms with E-state index in [4.69, 9.17) is 0 Å². The Balaban J connectivity index is 2.86. The molecule has 1 rings (SSSR count). The molecular formula is C8H10N2O. The molecule has 0 aliphatic rings. The van der Waals surface area contributed by atoms with Crippen molar-refractivity contribution in [2.24, 2.45) is 0 Å². The Labute approximate surface area is 65.5 Å². The Morgan fingerprint density at radius 1 is 1.64 bits per heavy atom. The minimum atomic E-state index is -0.0909. The molecule has 1 aromatic heterocycles. The number of carbonyl (C=O) groups excluding carboxylic acids is 1. The van der Waals surface area contributed by atoms with Gasteiger partial charge in [-0.05, 0) is 18.6 Å². The number of aromatic nitrogens is 1. The summed E-state index contributed by atoms with van der Waals surface area (Å²) in [5.41, 5.74) is 0.975. The second-order valence-electron chi connectivity index (χ2n) is 2.35. The lowest BCUT2D eigenvalue weighted by Crippen LogP contribution is -2.08.